The van der Waals surface area contributed by atoms with Gasteiger partial charge in [-0.3, -0.25) is 4.99 Å². The Kier molecular flexibility index (Phi) is 9.04. The first-order valence-electron chi connectivity index (χ1n) is 10.3. The number of nitrogens with two attached hydrogens (primary N) is 1. The van der Waals surface area contributed by atoms with Crippen LogP contribution in [0, 0.1) is 12.8 Å². The van der Waals surface area contributed by atoms with Crippen molar-refractivity contribution in [3.63, 3.8) is 0 Å². The highest BCUT2D eigenvalue weighted by molar-refractivity contribution is 5.99. The van der Waals surface area contributed by atoms with Gasteiger partial charge in [0.2, 0.25) is 0 Å². The number of benzene rings is 2. The Labute approximate surface area is 188 Å². The summed E-state index contributed by atoms with van der Waals surface area (Å²) < 4.78 is 16.8. The number of rotatable bonds is 11. The van der Waals surface area contributed by atoms with Crippen LogP contribution in [-0.4, -0.2) is 55.9 Å². The lowest BCUT2D eigenvalue weighted by molar-refractivity contribution is -0.0420. The Morgan fingerprint density at radius 1 is 1.19 bits per heavy atom. The first kappa shape index (κ1) is 25.2. The molecule has 0 aliphatic heterocycles. The maximum absolute atomic E-state index is 11.3. The van der Waals surface area contributed by atoms with Crippen molar-refractivity contribution in [2.45, 2.75) is 33.0 Å². The molecule has 0 amide bonds. The number of anilines is 1. The number of hydrogen-bond donors (Lipinski definition) is 3. The van der Waals surface area contributed by atoms with Gasteiger partial charge in [-0.2, -0.15) is 0 Å². The molecule has 0 aromatic heterocycles. The highest BCUT2D eigenvalue weighted by Gasteiger charge is 2.24. The molecule has 2 aromatic carbocycles. The Bertz CT molecular complexity index is 932. The summed E-state index contributed by atoms with van der Waals surface area (Å²) in [6, 6.07) is 8.24. The number of aromatic carboxylic acids is 1. The van der Waals surface area contributed by atoms with Crippen LogP contribution in [-0.2, 0) is 4.74 Å². The molecule has 2 atom stereocenters. The zero-order valence-corrected chi connectivity index (χ0v) is 19.2. The number of aliphatic hydroxyl groups is 1. The maximum atomic E-state index is 11.3. The minimum atomic E-state index is -1.10. The van der Waals surface area contributed by atoms with Crippen molar-refractivity contribution in [3.05, 3.63) is 52.6 Å². The normalized spacial score (nSPS) is 13.3. The number of carboxylic acid groups (broad SMARTS) is 1. The fraction of sp³-hybridized carbons (Fsp3) is 0.417. The van der Waals surface area contributed by atoms with Gasteiger partial charge in [-0.15, -0.1) is 0 Å². The Morgan fingerprint density at radius 3 is 2.34 bits per heavy atom. The second kappa shape index (κ2) is 11.5. The fourth-order valence-electron chi connectivity index (χ4n) is 3.19. The molecule has 8 nitrogen and oxygen atoms in total. The van der Waals surface area contributed by atoms with Crippen molar-refractivity contribution in [1.29, 1.82) is 0 Å². The summed E-state index contributed by atoms with van der Waals surface area (Å²) in [6.45, 7) is 6.49. The summed E-state index contributed by atoms with van der Waals surface area (Å²) in [5, 5.41) is 20.3. The quantitative estimate of drug-likeness (QED) is 0.358. The molecule has 0 spiro atoms. The molecule has 2 aromatic rings. The standard InChI is InChI=1S/C24H32N2O6/c1-14(2)13-32-21(12-26-11-16-7-6-8-18(22(16)25)24(28)29)23(27)17-9-19(30-4)15(3)20(10-17)31-5/h6-11,14,21,23,27H,12-13,25H2,1-5H3,(H,28,29). The Hall–Kier alpha value is -3.10. The average molecular weight is 445 g/mol. The average Bonchev–Trinajstić information content (AvgIpc) is 2.76. The van der Waals surface area contributed by atoms with Crippen LogP contribution in [0.3, 0.4) is 0 Å². The fourth-order valence-corrected chi connectivity index (χ4v) is 3.19. The zero-order chi connectivity index (χ0) is 23.8. The molecule has 32 heavy (non-hydrogen) atoms. The second-order valence-corrected chi connectivity index (χ2v) is 7.87. The van der Waals surface area contributed by atoms with Crippen LogP contribution in [0.5, 0.6) is 11.5 Å². The molecular weight excluding hydrogens is 412 g/mol. The molecular formula is C24H32N2O6. The first-order valence-corrected chi connectivity index (χ1v) is 10.3. The van der Waals surface area contributed by atoms with Gasteiger partial charge >= 0.3 is 5.97 Å². The number of para-hydroxylation sites is 1. The number of aliphatic imine (C=N–C) groups is 1. The summed E-state index contributed by atoms with van der Waals surface area (Å²) in [4.78, 5) is 15.7. The molecule has 0 heterocycles. The summed E-state index contributed by atoms with van der Waals surface area (Å²) in [6.07, 6.45) is -0.136. The predicted molar refractivity (Wildman–Crippen MR) is 124 cm³/mol. The summed E-state index contributed by atoms with van der Waals surface area (Å²) in [5.74, 6) is 0.359. The molecule has 4 N–H and O–H groups in total. The van der Waals surface area contributed by atoms with Gasteiger partial charge in [0, 0.05) is 23.9 Å². The highest BCUT2D eigenvalue weighted by atomic mass is 16.5. The van der Waals surface area contributed by atoms with Crippen LogP contribution in [0.25, 0.3) is 0 Å². The van der Waals surface area contributed by atoms with E-state index in [4.69, 9.17) is 19.9 Å². The highest BCUT2D eigenvalue weighted by Crippen LogP contribution is 2.33. The molecule has 0 bridgehead atoms. The van der Waals surface area contributed by atoms with E-state index in [1.807, 2.05) is 20.8 Å². The lowest BCUT2D eigenvalue weighted by Gasteiger charge is -2.24. The third-order valence-electron chi connectivity index (χ3n) is 5.00. The number of ether oxygens (including phenoxy) is 3. The molecule has 2 unspecified atom stereocenters. The molecule has 8 heteroatoms. The van der Waals surface area contributed by atoms with Crippen LogP contribution >= 0.6 is 0 Å². The first-order chi connectivity index (χ1) is 15.2. The molecule has 0 aliphatic rings. The topological polar surface area (TPSA) is 124 Å². The largest absolute Gasteiger partial charge is 0.496 e. The minimum Gasteiger partial charge on any atom is -0.496 e. The van der Waals surface area contributed by atoms with Gasteiger partial charge in [0.25, 0.3) is 0 Å². The van der Waals surface area contributed by atoms with E-state index in [1.54, 1.807) is 38.5 Å². The van der Waals surface area contributed by atoms with E-state index < -0.39 is 18.2 Å². The lowest BCUT2D eigenvalue weighted by Crippen LogP contribution is -2.27. The van der Waals surface area contributed by atoms with Gasteiger partial charge in [0.15, 0.2) is 0 Å². The SMILES string of the molecule is COc1cc(C(O)C(CN=Cc2cccc(C(=O)O)c2N)OCC(C)C)cc(OC)c1C. The number of nitrogens with zero attached hydrogens (tertiary/aromatic N) is 1. The predicted octanol–water partition coefficient (Wildman–Crippen LogP) is 3.49. The smallest absolute Gasteiger partial charge is 0.337 e. The van der Waals surface area contributed by atoms with Crippen LogP contribution in [0.15, 0.2) is 35.3 Å². The van der Waals surface area contributed by atoms with E-state index in [0.29, 0.717) is 29.2 Å². The molecule has 0 radical (unpaired) electrons. The van der Waals surface area contributed by atoms with Crippen molar-refractivity contribution in [2.24, 2.45) is 10.9 Å². The van der Waals surface area contributed by atoms with Crippen molar-refractivity contribution in [2.75, 3.05) is 33.1 Å². The molecule has 0 saturated heterocycles. The maximum Gasteiger partial charge on any atom is 0.337 e. The second-order valence-electron chi connectivity index (χ2n) is 7.87. The van der Waals surface area contributed by atoms with E-state index in [9.17, 15) is 15.0 Å². The number of carboxylic acids is 1. The van der Waals surface area contributed by atoms with E-state index in [-0.39, 0.29) is 23.7 Å². The van der Waals surface area contributed by atoms with Gasteiger partial charge < -0.3 is 30.2 Å². The third kappa shape index (κ3) is 6.21. The summed E-state index contributed by atoms with van der Waals surface area (Å²) >= 11 is 0. The Balaban J connectivity index is 2.30. The van der Waals surface area contributed by atoms with Gasteiger partial charge in [-0.1, -0.05) is 26.0 Å². The monoisotopic (exact) mass is 444 g/mol. The number of nitrogen functional groups attached to an aromatic ring is 1. The van der Waals surface area contributed by atoms with Gasteiger partial charge in [-0.25, -0.2) is 4.79 Å². The van der Waals surface area contributed by atoms with Crippen molar-refractivity contribution >= 4 is 17.9 Å². The summed E-state index contributed by atoms with van der Waals surface area (Å²) in [7, 11) is 3.12. The van der Waals surface area contributed by atoms with Crippen LogP contribution in [0.1, 0.15) is 47.0 Å². The van der Waals surface area contributed by atoms with Crippen LogP contribution in [0.2, 0.25) is 0 Å². The number of hydrogen-bond acceptors (Lipinski definition) is 7. The van der Waals surface area contributed by atoms with E-state index >= 15 is 0 Å². The van der Waals surface area contributed by atoms with E-state index in [0.717, 1.165) is 5.56 Å². The van der Waals surface area contributed by atoms with Crippen LogP contribution < -0.4 is 15.2 Å². The number of methoxy groups -OCH3 is 2. The number of aliphatic hydroxyl groups excluding tert-OH is 1. The van der Waals surface area contributed by atoms with Gasteiger partial charge in [0.05, 0.1) is 32.0 Å². The van der Waals surface area contributed by atoms with E-state index in [1.165, 1.54) is 12.3 Å². The molecule has 0 fully saturated rings. The van der Waals surface area contributed by atoms with E-state index in [2.05, 4.69) is 4.99 Å². The summed E-state index contributed by atoms with van der Waals surface area (Å²) in [5.41, 5.74) is 8.00. The Morgan fingerprint density at radius 2 is 1.81 bits per heavy atom. The lowest BCUT2D eigenvalue weighted by atomic mass is 10.0. The van der Waals surface area contributed by atoms with Crippen LogP contribution in [0.4, 0.5) is 5.69 Å². The molecule has 0 saturated carbocycles. The van der Waals surface area contributed by atoms with Crippen molar-refractivity contribution < 1.29 is 29.2 Å². The van der Waals surface area contributed by atoms with Gasteiger partial charge in [0.1, 0.15) is 23.7 Å². The molecule has 2 rings (SSSR count). The van der Waals surface area contributed by atoms with Gasteiger partial charge in [-0.05, 0) is 36.6 Å². The van der Waals surface area contributed by atoms with Crippen molar-refractivity contribution in [3.8, 4) is 11.5 Å². The number of carbonyl (C=O) groups is 1. The minimum absolute atomic E-state index is 0.0143. The third-order valence-corrected chi connectivity index (χ3v) is 5.00. The molecule has 0 aliphatic carbocycles. The van der Waals surface area contributed by atoms with Crippen molar-refractivity contribution in [1.82, 2.24) is 0 Å². The molecule has 174 valence electrons. The zero-order valence-electron chi connectivity index (χ0n) is 19.2.